The summed E-state index contributed by atoms with van der Waals surface area (Å²) < 4.78 is 8.19. The zero-order valence-electron chi connectivity index (χ0n) is 8.35. The third-order valence-corrected chi connectivity index (χ3v) is 2.49. The van der Waals surface area contributed by atoms with E-state index < -0.39 is 0 Å². The maximum Gasteiger partial charge on any atom is 0.157 e. The van der Waals surface area contributed by atoms with Gasteiger partial charge in [-0.25, -0.2) is 4.68 Å². The van der Waals surface area contributed by atoms with Gasteiger partial charge in [0.1, 0.15) is 0 Å². The summed E-state index contributed by atoms with van der Waals surface area (Å²) in [5.74, 6) is 0.792. The van der Waals surface area contributed by atoms with Crippen LogP contribution in [0.25, 0.3) is 5.69 Å². The van der Waals surface area contributed by atoms with Crippen LogP contribution in [-0.2, 0) is 0 Å². The van der Waals surface area contributed by atoms with Gasteiger partial charge < -0.3 is 4.74 Å². The Morgan fingerprint density at radius 1 is 1.33 bits per heavy atom. The third kappa shape index (κ3) is 2.39. The minimum atomic E-state index is 0.659. The van der Waals surface area contributed by atoms with Gasteiger partial charge in [0.15, 0.2) is 5.75 Å². The molecular weight excluding hydrogens is 256 g/mol. The first-order chi connectivity index (χ1) is 7.29. The fourth-order valence-electron chi connectivity index (χ4n) is 1.28. The molecule has 0 radical (unpaired) electrons. The second-order valence-corrected chi connectivity index (χ2v) is 3.95. The Morgan fingerprint density at radius 2 is 2.07 bits per heavy atom. The fourth-order valence-corrected chi connectivity index (χ4v) is 1.55. The van der Waals surface area contributed by atoms with Crippen LogP contribution in [0.2, 0.25) is 0 Å². The molecule has 0 unspecified atom stereocenters. The predicted octanol–water partition coefficient (Wildman–Crippen LogP) is 3.03. The number of halogens is 1. The van der Waals surface area contributed by atoms with Crippen LogP contribution in [0.3, 0.4) is 0 Å². The van der Waals surface area contributed by atoms with Crippen LogP contribution in [0.4, 0.5) is 0 Å². The van der Waals surface area contributed by atoms with Crippen molar-refractivity contribution in [2.75, 3.05) is 6.61 Å². The van der Waals surface area contributed by atoms with Crippen LogP contribution < -0.4 is 4.74 Å². The van der Waals surface area contributed by atoms with Gasteiger partial charge >= 0.3 is 0 Å². The quantitative estimate of drug-likeness (QED) is 0.854. The topological polar surface area (TPSA) is 27.1 Å². The summed E-state index contributed by atoms with van der Waals surface area (Å²) in [7, 11) is 0. The molecule has 4 heteroatoms. The lowest BCUT2D eigenvalue weighted by atomic mass is 10.3. The number of aromatic nitrogens is 2. The van der Waals surface area contributed by atoms with E-state index in [0.29, 0.717) is 6.61 Å². The highest BCUT2D eigenvalue weighted by molar-refractivity contribution is 9.10. The molecule has 0 atom stereocenters. The number of ether oxygens (including phenoxy) is 1. The average molecular weight is 267 g/mol. The molecule has 78 valence electrons. The molecule has 1 aromatic heterocycles. The second-order valence-electron chi connectivity index (χ2n) is 3.03. The molecule has 0 aliphatic rings. The van der Waals surface area contributed by atoms with Crippen LogP contribution in [0.15, 0.2) is 41.1 Å². The van der Waals surface area contributed by atoms with Gasteiger partial charge in [-0.1, -0.05) is 15.9 Å². The van der Waals surface area contributed by atoms with E-state index >= 15 is 0 Å². The van der Waals surface area contributed by atoms with Gasteiger partial charge in [0.2, 0.25) is 0 Å². The molecule has 0 saturated carbocycles. The first-order valence-corrected chi connectivity index (χ1v) is 5.52. The van der Waals surface area contributed by atoms with E-state index in [0.717, 1.165) is 15.9 Å². The molecule has 3 nitrogen and oxygen atoms in total. The number of hydrogen-bond acceptors (Lipinski definition) is 2. The van der Waals surface area contributed by atoms with E-state index in [1.54, 1.807) is 10.9 Å². The number of rotatable bonds is 3. The van der Waals surface area contributed by atoms with Crippen LogP contribution in [0.5, 0.6) is 5.75 Å². The van der Waals surface area contributed by atoms with E-state index in [-0.39, 0.29) is 0 Å². The molecule has 0 amide bonds. The molecule has 1 aromatic carbocycles. The molecular formula is C11H11BrN2O. The zero-order chi connectivity index (χ0) is 10.7. The van der Waals surface area contributed by atoms with Crippen LogP contribution in [0, 0.1) is 0 Å². The molecule has 0 bridgehead atoms. The maximum atomic E-state index is 5.34. The summed E-state index contributed by atoms with van der Waals surface area (Å²) in [5.41, 5.74) is 1.02. The number of benzene rings is 1. The van der Waals surface area contributed by atoms with Crippen molar-refractivity contribution in [2.24, 2.45) is 0 Å². The highest BCUT2D eigenvalue weighted by Gasteiger charge is 2.00. The lowest BCUT2D eigenvalue weighted by molar-refractivity contribution is 0.340. The third-order valence-electron chi connectivity index (χ3n) is 1.96. The average Bonchev–Trinajstić information content (AvgIpc) is 2.68. The van der Waals surface area contributed by atoms with E-state index in [2.05, 4.69) is 21.0 Å². The SMILES string of the molecule is CCOc1cnn(-c2ccc(Br)cc2)c1. The lowest BCUT2D eigenvalue weighted by Crippen LogP contribution is -1.93. The summed E-state index contributed by atoms with van der Waals surface area (Å²) in [4.78, 5) is 0. The molecule has 2 rings (SSSR count). The summed E-state index contributed by atoms with van der Waals surface area (Å²) in [6, 6.07) is 7.95. The Morgan fingerprint density at radius 3 is 2.73 bits per heavy atom. The van der Waals surface area contributed by atoms with Crippen LogP contribution >= 0.6 is 15.9 Å². The monoisotopic (exact) mass is 266 g/mol. The molecule has 0 aliphatic heterocycles. The van der Waals surface area contributed by atoms with Gasteiger partial charge in [0.25, 0.3) is 0 Å². The van der Waals surface area contributed by atoms with Gasteiger partial charge in [0.05, 0.1) is 24.7 Å². The first kappa shape index (κ1) is 10.2. The number of hydrogen-bond donors (Lipinski definition) is 0. The van der Waals surface area contributed by atoms with Gasteiger partial charge in [-0.05, 0) is 31.2 Å². The highest BCUT2D eigenvalue weighted by Crippen LogP contribution is 2.16. The van der Waals surface area contributed by atoms with E-state index in [1.165, 1.54) is 0 Å². The Hall–Kier alpha value is -1.29. The molecule has 15 heavy (non-hydrogen) atoms. The summed E-state index contributed by atoms with van der Waals surface area (Å²) >= 11 is 3.39. The molecule has 1 heterocycles. The molecule has 0 fully saturated rings. The van der Waals surface area contributed by atoms with Gasteiger partial charge in [-0.3, -0.25) is 0 Å². The van der Waals surface area contributed by atoms with Crippen molar-refractivity contribution in [2.45, 2.75) is 6.92 Å². The van der Waals surface area contributed by atoms with Crippen LogP contribution in [0.1, 0.15) is 6.92 Å². The zero-order valence-corrected chi connectivity index (χ0v) is 9.94. The summed E-state index contributed by atoms with van der Waals surface area (Å²) in [5, 5.41) is 4.21. The summed E-state index contributed by atoms with van der Waals surface area (Å²) in [6.07, 6.45) is 3.58. The van der Waals surface area contributed by atoms with Crippen molar-refractivity contribution < 1.29 is 4.74 Å². The Labute approximate surface area is 96.8 Å². The smallest absolute Gasteiger partial charge is 0.157 e. The van der Waals surface area contributed by atoms with Gasteiger partial charge in [0, 0.05) is 4.47 Å². The van der Waals surface area contributed by atoms with Crippen molar-refractivity contribution in [1.82, 2.24) is 9.78 Å². The van der Waals surface area contributed by atoms with Crippen molar-refractivity contribution in [3.8, 4) is 11.4 Å². The Bertz CT molecular complexity index is 436. The fraction of sp³-hybridized carbons (Fsp3) is 0.182. The molecule has 0 aliphatic carbocycles. The van der Waals surface area contributed by atoms with Crippen molar-refractivity contribution >= 4 is 15.9 Å². The largest absolute Gasteiger partial charge is 0.491 e. The standard InChI is InChI=1S/C11H11BrN2O/c1-2-15-11-7-13-14(8-11)10-5-3-9(12)4-6-10/h3-8H,2H2,1H3. The molecule has 0 saturated heterocycles. The van der Waals surface area contributed by atoms with Crippen molar-refractivity contribution in [1.29, 1.82) is 0 Å². The highest BCUT2D eigenvalue weighted by atomic mass is 79.9. The predicted molar refractivity (Wildman–Crippen MR) is 62.4 cm³/mol. The van der Waals surface area contributed by atoms with Crippen molar-refractivity contribution in [3.63, 3.8) is 0 Å². The van der Waals surface area contributed by atoms with E-state index in [1.807, 2.05) is 37.4 Å². The summed E-state index contributed by atoms with van der Waals surface area (Å²) in [6.45, 7) is 2.61. The van der Waals surface area contributed by atoms with Crippen molar-refractivity contribution in [3.05, 3.63) is 41.1 Å². The first-order valence-electron chi connectivity index (χ1n) is 4.73. The number of nitrogens with zero attached hydrogens (tertiary/aromatic N) is 2. The maximum absolute atomic E-state index is 5.34. The second kappa shape index (κ2) is 4.49. The molecule has 0 spiro atoms. The van der Waals surface area contributed by atoms with Crippen LogP contribution in [-0.4, -0.2) is 16.4 Å². The molecule has 2 aromatic rings. The van der Waals surface area contributed by atoms with Gasteiger partial charge in [-0.15, -0.1) is 0 Å². The van der Waals surface area contributed by atoms with E-state index in [9.17, 15) is 0 Å². The minimum absolute atomic E-state index is 0.659. The van der Waals surface area contributed by atoms with E-state index in [4.69, 9.17) is 4.74 Å². The lowest BCUT2D eigenvalue weighted by Gasteiger charge is -2.00. The van der Waals surface area contributed by atoms with Gasteiger partial charge in [-0.2, -0.15) is 5.10 Å². The Balaban J connectivity index is 2.25. The Kier molecular flexibility index (Phi) is 3.06. The minimum Gasteiger partial charge on any atom is -0.491 e. The normalized spacial score (nSPS) is 10.3. The molecule has 0 N–H and O–H groups in total.